The Hall–Kier alpha value is -1.14. The fourth-order valence-corrected chi connectivity index (χ4v) is 3.19. The van der Waals surface area contributed by atoms with Crippen molar-refractivity contribution < 1.29 is 9.59 Å². The van der Waals surface area contributed by atoms with Crippen LogP contribution in [0.3, 0.4) is 0 Å². The van der Waals surface area contributed by atoms with E-state index in [1.165, 1.54) is 6.42 Å². The summed E-state index contributed by atoms with van der Waals surface area (Å²) in [6.45, 7) is 4.86. The second kappa shape index (κ2) is 8.34. The van der Waals surface area contributed by atoms with Gasteiger partial charge in [-0.1, -0.05) is 0 Å². The van der Waals surface area contributed by atoms with Crippen LogP contribution in [0.4, 0.5) is 0 Å². The lowest BCUT2D eigenvalue weighted by atomic mass is 9.97. The minimum Gasteiger partial charge on any atom is -0.355 e. The molecule has 0 saturated carbocycles. The van der Waals surface area contributed by atoms with Crippen LogP contribution in [0.5, 0.6) is 0 Å². The Morgan fingerprint density at radius 1 is 1.10 bits per heavy atom. The normalized spacial score (nSPS) is 23.9. The van der Waals surface area contributed by atoms with E-state index in [0.717, 1.165) is 45.3 Å². The van der Waals surface area contributed by atoms with Gasteiger partial charge in [0.15, 0.2) is 0 Å². The first-order chi connectivity index (χ1) is 10.2. The Morgan fingerprint density at radius 3 is 2.57 bits per heavy atom. The van der Waals surface area contributed by atoms with E-state index in [2.05, 4.69) is 10.2 Å². The Labute approximate surface area is 127 Å². The second-order valence-electron chi connectivity index (χ2n) is 6.10. The first kappa shape index (κ1) is 16.2. The van der Waals surface area contributed by atoms with Gasteiger partial charge in [-0.25, -0.2) is 0 Å². The quantitative estimate of drug-likeness (QED) is 0.735. The van der Waals surface area contributed by atoms with Crippen molar-refractivity contribution in [3.63, 3.8) is 0 Å². The molecule has 2 heterocycles. The van der Waals surface area contributed by atoms with E-state index in [9.17, 15) is 9.59 Å². The number of nitrogens with two attached hydrogens (primary N) is 1. The van der Waals surface area contributed by atoms with E-state index in [1.807, 2.05) is 4.90 Å². The average Bonchev–Trinajstić information content (AvgIpc) is 2.53. The van der Waals surface area contributed by atoms with Crippen LogP contribution in [0.15, 0.2) is 0 Å². The van der Waals surface area contributed by atoms with Gasteiger partial charge in [0.25, 0.3) is 0 Å². The van der Waals surface area contributed by atoms with Crippen molar-refractivity contribution in [1.82, 2.24) is 15.1 Å². The van der Waals surface area contributed by atoms with Crippen molar-refractivity contribution in [1.29, 1.82) is 0 Å². The maximum atomic E-state index is 12.3. The number of likely N-dealkylation sites (tertiary alicyclic amines) is 2. The molecule has 2 amide bonds. The number of rotatable bonds is 5. The summed E-state index contributed by atoms with van der Waals surface area (Å²) < 4.78 is 0. The Bertz CT molecular complexity index is 356. The van der Waals surface area contributed by atoms with Crippen molar-refractivity contribution in [2.75, 3.05) is 45.8 Å². The highest BCUT2D eigenvalue weighted by Gasteiger charge is 2.27. The standard InChI is InChI=1S/C15H28N4O2/c16-6-7-17-15(21)13-5-4-8-18(11-13)12-14(20)19-9-2-1-3-10-19/h13H,1-12,16H2,(H,17,21). The van der Waals surface area contributed by atoms with Crippen molar-refractivity contribution in [3.8, 4) is 0 Å². The summed E-state index contributed by atoms with van der Waals surface area (Å²) in [4.78, 5) is 28.4. The highest BCUT2D eigenvalue weighted by Crippen LogP contribution is 2.17. The molecule has 120 valence electrons. The van der Waals surface area contributed by atoms with E-state index in [-0.39, 0.29) is 17.7 Å². The van der Waals surface area contributed by atoms with Crippen LogP contribution in [-0.4, -0.2) is 67.4 Å². The molecule has 2 fully saturated rings. The number of carbonyl (C=O) groups is 2. The van der Waals surface area contributed by atoms with Crippen molar-refractivity contribution in [2.45, 2.75) is 32.1 Å². The molecule has 0 spiro atoms. The molecule has 1 atom stereocenters. The number of nitrogens with one attached hydrogen (secondary N) is 1. The molecule has 1 unspecified atom stereocenters. The first-order valence-corrected chi connectivity index (χ1v) is 8.18. The minimum atomic E-state index is -0.000504. The number of carbonyl (C=O) groups excluding carboxylic acids is 2. The van der Waals surface area contributed by atoms with Crippen molar-refractivity contribution >= 4 is 11.8 Å². The molecule has 2 aliphatic rings. The van der Waals surface area contributed by atoms with E-state index in [0.29, 0.717) is 26.2 Å². The van der Waals surface area contributed by atoms with Crippen molar-refractivity contribution in [3.05, 3.63) is 0 Å². The largest absolute Gasteiger partial charge is 0.355 e. The molecule has 0 aromatic carbocycles. The molecule has 3 N–H and O–H groups in total. The third-order valence-electron chi connectivity index (χ3n) is 4.39. The summed E-state index contributed by atoms with van der Waals surface area (Å²) in [5.41, 5.74) is 5.41. The molecule has 2 rings (SSSR count). The number of amides is 2. The third kappa shape index (κ3) is 4.97. The number of hydrogen-bond donors (Lipinski definition) is 2. The van der Waals surface area contributed by atoms with Gasteiger partial charge in [-0.15, -0.1) is 0 Å². The molecular weight excluding hydrogens is 268 g/mol. The molecule has 21 heavy (non-hydrogen) atoms. The second-order valence-corrected chi connectivity index (χ2v) is 6.10. The van der Waals surface area contributed by atoms with Crippen LogP contribution in [0.1, 0.15) is 32.1 Å². The van der Waals surface area contributed by atoms with Crippen LogP contribution >= 0.6 is 0 Å². The predicted octanol–water partition coefficient (Wildman–Crippen LogP) is -0.214. The molecule has 0 aromatic heterocycles. The van der Waals surface area contributed by atoms with Gasteiger partial charge in [0.1, 0.15) is 0 Å². The van der Waals surface area contributed by atoms with Crippen LogP contribution in [0, 0.1) is 5.92 Å². The zero-order valence-electron chi connectivity index (χ0n) is 12.9. The maximum absolute atomic E-state index is 12.3. The maximum Gasteiger partial charge on any atom is 0.236 e. The molecule has 0 bridgehead atoms. The average molecular weight is 296 g/mol. The summed E-state index contributed by atoms with van der Waals surface area (Å²) >= 11 is 0. The van der Waals surface area contributed by atoms with Gasteiger partial charge in [0.2, 0.25) is 11.8 Å². The molecule has 0 aliphatic carbocycles. The van der Waals surface area contributed by atoms with Crippen molar-refractivity contribution in [2.24, 2.45) is 11.7 Å². The fourth-order valence-electron chi connectivity index (χ4n) is 3.19. The lowest BCUT2D eigenvalue weighted by molar-refractivity contribution is -0.135. The topological polar surface area (TPSA) is 78.7 Å². The summed E-state index contributed by atoms with van der Waals surface area (Å²) in [6.07, 6.45) is 5.36. The molecule has 2 aliphatic heterocycles. The Morgan fingerprint density at radius 2 is 1.86 bits per heavy atom. The summed E-state index contributed by atoms with van der Waals surface area (Å²) in [5.74, 6) is 0.299. The Balaban J connectivity index is 1.77. The van der Waals surface area contributed by atoms with Crippen LogP contribution in [0.2, 0.25) is 0 Å². The predicted molar refractivity (Wildman–Crippen MR) is 81.7 cm³/mol. The number of hydrogen-bond acceptors (Lipinski definition) is 4. The van der Waals surface area contributed by atoms with E-state index in [1.54, 1.807) is 0 Å². The first-order valence-electron chi connectivity index (χ1n) is 8.18. The minimum absolute atomic E-state index is 0.000504. The molecule has 0 aromatic rings. The molecule has 6 heteroatoms. The summed E-state index contributed by atoms with van der Waals surface area (Å²) in [6, 6.07) is 0. The van der Waals surface area contributed by atoms with Gasteiger partial charge >= 0.3 is 0 Å². The lowest BCUT2D eigenvalue weighted by Crippen LogP contribution is -2.48. The summed E-state index contributed by atoms with van der Waals surface area (Å²) in [7, 11) is 0. The van der Waals surface area contributed by atoms with E-state index >= 15 is 0 Å². The third-order valence-corrected chi connectivity index (χ3v) is 4.39. The van der Waals surface area contributed by atoms with Gasteiger partial charge in [0.05, 0.1) is 12.5 Å². The fraction of sp³-hybridized carbons (Fsp3) is 0.867. The molecule has 0 radical (unpaired) electrons. The highest BCUT2D eigenvalue weighted by atomic mass is 16.2. The van der Waals surface area contributed by atoms with Gasteiger partial charge in [0, 0.05) is 32.7 Å². The van der Waals surface area contributed by atoms with Crippen LogP contribution in [-0.2, 0) is 9.59 Å². The van der Waals surface area contributed by atoms with Gasteiger partial charge in [-0.3, -0.25) is 14.5 Å². The number of piperidine rings is 2. The van der Waals surface area contributed by atoms with Crippen LogP contribution in [0.25, 0.3) is 0 Å². The van der Waals surface area contributed by atoms with E-state index < -0.39 is 0 Å². The zero-order chi connectivity index (χ0) is 15.1. The molecular formula is C15H28N4O2. The van der Waals surface area contributed by atoms with Gasteiger partial charge in [-0.05, 0) is 38.6 Å². The smallest absolute Gasteiger partial charge is 0.236 e. The molecule has 2 saturated heterocycles. The van der Waals surface area contributed by atoms with Gasteiger partial charge in [-0.2, -0.15) is 0 Å². The van der Waals surface area contributed by atoms with Gasteiger partial charge < -0.3 is 16.0 Å². The monoisotopic (exact) mass is 296 g/mol. The number of nitrogens with zero attached hydrogens (tertiary/aromatic N) is 2. The van der Waals surface area contributed by atoms with Crippen LogP contribution < -0.4 is 11.1 Å². The molecule has 6 nitrogen and oxygen atoms in total. The SMILES string of the molecule is NCCNC(=O)C1CCCN(CC(=O)N2CCCCC2)C1. The Kier molecular flexibility index (Phi) is 6.45. The zero-order valence-corrected chi connectivity index (χ0v) is 12.9. The highest BCUT2D eigenvalue weighted by molar-refractivity contribution is 5.80. The summed E-state index contributed by atoms with van der Waals surface area (Å²) in [5, 5.41) is 2.85. The van der Waals surface area contributed by atoms with E-state index in [4.69, 9.17) is 5.73 Å². The lowest BCUT2D eigenvalue weighted by Gasteiger charge is -2.34.